The van der Waals surface area contributed by atoms with Crippen molar-refractivity contribution in [3.8, 4) is 29.6 Å². The van der Waals surface area contributed by atoms with Crippen LogP contribution in [0.15, 0.2) is 30.5 Å². The molecule has 3 saturated heterocycles. The van der Waals surface area contributed by atoms with Gasteiger partial charge in [-0.1, -0.05) is 18.4 Å². The van der Waals surface area contributed by atoms with Crippen LogP contribution in [0, 0.1) is 31.0 Å². The number of rotatable bonds is 5. The number of ether oxygens (including phenoxy) is 1. The number of nitrogens with two attached hydrogens (primary N) is 1. The van der Waals surface area contributed by atoms with Crippen molar-refractivity contribution in [3.63, 3.8) is 0 Å². The Hall–Kier alpha value is -4.10. The van der Waals surface area contributed by atoms with Gasteiger partial charge in [0, 0.05) is 53.8 Å². The monoisotopic (exact) mass is 614 g/mol. The van der Waals surface area contributed by atoms with E-state index in [4.69, 9.17) is 34.6 Å². The van der Waals surface area contributed by atoms with Gasteiger partial charge in [-0.3, -0.25) is 9.88 Å². The highest BCUT2D eigenvalue weighted by Gasteiger charge is 2.55. The molecule has 4 aliphatic rings. The minimum Gasteiger partial charge on any atom is -0.461 e. The molecule has 4 aromatic rings. The minimum atomic E-state index is -2.31. The number of pyridine rings is 1. The number of anilines is 2. The summed E-state index contributed by atoms with van der Waals surface area (Å²) in [6.07, 6.45) is 8.97. The van der Waals surface area contributed by atoms with Crippen LogP contribution in [0.25, 0.3) is 32.9 Å². The van der Waals surface area contributed by atoms with Crippen LogP contribution in [-0.2, 0) is 0 Å². The first-order valence-corrected chi connectivity index (χ1v) is 15.7. The van der Waals surface area contributed by atoms with Gasteiger partial charge in [0.15, 0.2) is 0 Å². The fourth-order valence-electron chi connectivity index (χ4n) is 8.01. The Labute approximate surface area is 262 Å². The molecule has 1 saturated carbocycles. The summed E-state index contributed by atoms with van der Waals surface area (Å²) >= 11 is 0. The van der Waals surface area contributed by atoms with Gasteiger partial charge in [0.2, 0.25) is 0 Å². The topological polar surface area (TPSA) is 80.4 Å². The van der Waals surface area contributed by atoms with E-state index in [1.807, 2.05) is 16.7 Å². The molecule has 5 atom stereocenters. The number of nitrogen functional groups attached to an aromatic ring is 1. The van der Waals surface area contributed by atoms with Crippen molar-refractivity contribution in [2.45, 2.75) is 69.4 Å². The second-order valence-electron chi connectivity index (χ2n) is 12.9. The number of hydrogen-bond donors (Lipinski definition) is 1. The zero-order valence-corrected chi connectivity index (χ0v) is 25.0. The number of nitrogens with zero attached hydrogens (tertiary/aromatic N) is 5. The van der Waals surface area contributed by atoms with Crippen LogP contribution < -0.4 is 15.4 Å². The molecule has 0 radical (unpaired) electrons. The lowest BCUT2D eigenvalue weighted by molar-refractivity contribution is 0.107. The third-order valence-corrected chi connectivity index (χ3v) is 10.2. The minimum absolute atomic E-state index is 0.0174. The van der Waals surface area contributed by atoms with E-state index in [-0.39, 0.29) is 36.5 Å². The first-order chi connectivity index (χ1) is 22.5. The van der Waals surface area contributed by atoms with Crippen molar-refractivity contribution in [1.29, 1.82) is 0 Å². The number of aryl methyl sites for hydroxylation is 1. The second-order valence-corrected chi connectivity index (χ2v) is 12.9. The molecule has 232 valence electrons. The summed E-state index contributed by atoms with van der Waals surface area (Å²) in [5, 5.41) is 1.69. The zero-order valence-electron chi connectivity index (χ0n) is 27.0. The number of aromatic nitrogens is 3. The normalized spacial score (nSPS) is 28.7. The van der Waals surface area contributed by atoms with Crippen LogP contribution in [0.5, 0.6) is 6.01 Å². The summed E-state index contributed by atoms with van der Waals surface area (Å²) < 4.78 is 69.1. The van der Waals surface area contributed by atoms with Crippen LogP contribution in [0.2, 0.25) is 0 Å². The molecule has 10 heteroatoms. The Kier molecular flexibility index (Phi) is 6.09. The third-order valence-electron chi connectivity index (χ3n) is 10.2. The van der Waals surface area contributed by atoms with Crippen molar-refractivity contribution >= 4 is 33.2 Å². The average molecular weight is 615 g/mol. The summed E-state index contributed by atoms with van der Waals surface area (Å²) in [5.41, 5.74) is 7.65. The Morgan fingerprint density at radius 1 is 1.20 bits per heavy atom. The van der Waals surface area contributed by atoms with E-state index < -0.39 is 30.3 Å². The maximum absolute atomic E-state index is 15.1. The molecule has 8 rings (SSSR count). The van der Waals surface area contributed by atoms with E-state index in [0.29, 0.717) is 69.5 Å². The molecule has 0 spiro atoms. The molecule has 1 aliphatic carbocycles. The van der Waals surface area contributed by atoms with Crippen LogP contribution in [-0.4, -0.2) is 70.0 Å². The van der Waals surface area contributed by atoms with Gasteiger partial charge in [-0.15, -0.1) is 6.42 Å². The molecule has 0 amide bonds. The van der Waals surface area contributed by atoms with E-state index in [1.165, 1.54) is 6.07 Å². The highest BCUT2D eigenvalue weighted by atomic mass is 19.1. The van der Waals surface area contributed by atoms with Crippen molar-refractivity contribution in [3.05, 3.63) is 47.4 Å². The highest BCUT2D eigenvalue weighted by molar-refractivity contribution is 6.04. The Bertz CT molecular complexity index is 1990. The van der Waals surface area contributed by atoms with E-state index in [0.717, 1.165) is 25.7 Å². The first kappa shape index (κ1) is 26.1. The molecule has 5 heterocycles. The maximum Gasteiger partial charge on any atom is 0.319 e. The molecule has 0 bridgehead atoms. The first-order valence-electron chi connectivity index (χ1n) is 16.7. The van der Waals surface area contributed by atoms with Gasteiger partial charge in [-0.2, -0.15) is 9.97 Å². The lowest BCUT2D eigenvalue weighted by Crippen LogP contribution is -2.43. The maximum atomic E-state index is 15.1. The van der Waals surface area contributed by atoms with E-state index in [9.17, 15) is 8.78 Å². The van der Waals surface area contributed by atoms with Crippen molar-refractivity contribution in [2.24, 2.45) is 5.92 Å². The number of halogens is 3. The predicted octanol–water partition coefficient (Wildman–Crippen LogP) is 6.14. The SMILES string of the molecule is [2H]C([2H])(Oc1nc(N2CCCC[C@H]3[C@H](F)[C@H]32)c2cnc(-c3cc(N)cc4ccc(F)c(C#C)c34)c(C)c2n1)[C@@]12CCCN1C[C@H](F)C2. The molecular weight excluding hydrogens is 577 g/mol. The van der Waals surface area contributed by atoms with Crippen molar-refractivity contribution in [1.82, 2.24) is 19.9 Å². The summed E-state index contributed by atoms with van der Waals surface area (Å²) in [5.74, 6) is 2.25. The fraction of sp³-hybridized carbons (Fsp3) is 0.457. The number of hydrogen-bond acceptors (Lipinski definition) is 7. The second kappa shape index (κ2) is 10.5. The Morgan fingerprint density at radius 2 is 2.07 bits per heavy atom. The van der Waals surface area contributed by atoms with Gasteiger partial charge in [-0.05, 0) is 62.7 Å². The third kappa shape index (κ3) is 4.50. The molecule has 45 heavy (non-hydrogen) atoms. The number of fused-ring (bicyclic) bond motifs is 4. The van der Waals surface area contributed by atoms with Gasteiger partial charge in [0.25, 0.3) is 0 Å². The summed E-state index contributed by atoms with van der Waals surface area (Å²) in [6, 6.07) is 5.77. The summed E-state index contributed by atoms with van der Waals surface area (Å²) in [4.78, 5) is 18.1. The van der Waals surface area contributed by atoms with Crippen molar-refractivity contribution < 1.29 is 20.6 Å². The quantitative estimate of drug-likeness (QED) is 0.214. The van der Waals surface area contributed by atoms with Crippen molar-refractivity contribution in [2.75, 3.05) is 36.8 Å². The highest BCUT2D eigenvalue weighted by Crippen LogP contribution is 2.48. The average Bonchev–Trinajstić information content (AvgIpc) is 3.39. The predicted molar refractivity (Wildman–Crippen MR) is 169 cm³/mol. The Balaban J connectivity index is 1.32. The molecular formula is C35H35F3N6O. The number of alkyl halides is 2. The zero-order chi connectivity index (χ0) is 32.8. The van der Waals surface area contributed by atoms with Crippen LogP contribution in [0.1, 0.15) is 52.4 Å². The van der Waals surface area contributed by atoms with Gasteiger partial charge in [0.05, 0.1) is 36.5 Å². The Morgan fingerprint density at radius 3 is 2.91 bits per heavy atom. The van der Waals surface area contributed by atoms with Gasteiger partial charge >= 0.3 is 6.01 Å². The molecule has 2 aromatic carbocycles. The van der Waals surface area contributed by atoms with Crippen LogP contribution >= 0.6 is 0 Å². The molecule has 0 unspecified atom stereocenters. The van der Waals surface area contributed by atoms with E-state index in [2.05, 4.69) is 5.92 Å². The largest absolute Gasteiger partial charge is 0.461 e. The molecule has 2 aromatic heterocycles. The van der Waals surface area contributed by atoms with E-state index >= 15 is 4.39 Å². The lowest BCUT2D eigenvalue weighted by Gasteiger charge is -2.31. The van der Waals surface area contributed by atoms with Crippen LogP contribution in [0.4, 0.5) is 24.7 Å². The van der Waals surface area contributed by atoms with Gasteiger partial charge < -0.3 is 15.4 Å². The fourth-order valence-corrected chi connectivity index (χ4v) is 8.01. The van der Waals surface area contributed by atoms with Crippen LogP contribution in [0.3, 0.4) is 0 Å². The number of terminal acetylenes is 1. The molecule has 3 aliphatic heterocycles. The van der Waals surface area contributed by atoms with E-state index in [1.54, 1.807) is 24.4 Å². The van der Waals surface area contributed by atoms with Gasteiger partial charge in [0.1, 0.15) is 30.5 Å². The molecule has 7 nitrogen and oxygen atoms in total. The molecule has 4 fully saturated rings. The number of benzene rings is 2. The van der Waals surface area contributed by atoms with Gasteiger partial charge in [-0.25, -0.2) is 13.2 Å². The smallest absolute Gasteiger partial charge is 0.319 e. The molecule has 2 N–H and O–H groups in total. The summed E-state index contributed by atoms with van der Waals surface area (Å²) in [7, 11) is 0. The summed E-state index contributed by atoms with van der Waals surface area (Å²) in [6.45, 7) is 0.805. The lowest BCUT2D eigenvalue weighted by atomic mass is 9.94. The standard InChI is InChI=1S/C35H35F3N6O/c1-3-23-27(37)9-8-20-13-22(39)14-25(28(20)23)30-19(2)31-26(16-40-30)33(44-12-5-4-7-24-29(38)32(24)44)42-34(41-31)45-18-35-10-6-11-43(35)17-21(36)15-35/h1,8-9,13-14,16,21,24,29,32H,4-7,10-12,15,17-18,39H2,2H3/t21-,24+,29+,32+,35+/m1/s1/i18D2.